The van der Waals surface area contributed by atoms with Crippen LogP contribution in [0, 0.1) is 0 Å². The average molecular weight is 452 g/mol. The third-order valence-corrected chi connectivity index (χ3v) is 4.95. The van der Waals surface area contributed by atoms with Gasteiger partial charge in [-0.1, -0.05) is 30.3 Å². The lowest BCUT2D eigenvalue weighted by molar-refractivity contribution is -0.123. The van der Waals surface area contributed by atoms with E-state index >= 15 is 0 Å². The van der Waals surface area contributed by atoms with Crippen molar-refractivity contribution < 1.29 is 33.3 Å². The Morgan fingerprint density at radius 1 is 1.03 bits per heavy atom. The topological polar surface area (TPSA) is 119 Å². The van der Waals surface area contributed by atoms with Crippen LogP contribution in [0.1, 0.15) is 16.1 Å². The highest BCUT2D eigenvalue weighted by atomic mass is 16.7. The molecule has 0 bridgehead atoms. The molecule has 0 spiro atoms. The van der Waals surface area contributed by atoms with E-state index in [0.29, 0.717) is 17.2 Å². The van der Waals surface area contributed by atoms with Gasteiger partial charge < -0.3 is 34.4 Å². The van der Waals surface area contributed by atoms with Gasteiger partial charge in [-0.25, -0.2) is 0 Å². The molecule has 9 heteroatoms. The molecule has 1 aromatic heterocycles. The summed E-state index contributed by atoms with van der Waals surface area (Å²) in [5.74, 6) is 0.904. The van der Waals surface area contributed by atoms with E-state index in [-0.39, 0.29) is 32.1 Å². The molecule has 2 amide bonds. The second-order valence-corrected chi connectivity index (χ2v) is 7.42. The van der Waals surface area contributed by atoms with Gasteiger partial charge in [0.05, 0.1) is 6.26 Å². The normalized spacial score (nSPS) is 13.7. The lowest BCUT2D eigenvalue weighted by Gasteiger charge is -2.20. The molecule has 4 rings (SSSR count). The molecule has 9 nitrogen and oxygen atoms in total. The van der Waals surface area contributed by atoms with E-state index < -0.39 is 24.0 Å². The molecule has 0 saturated carbocycles. The van der Waals surface area contributed by atoms with Crippen LogP contribution in [0.15, 0.2) is 71.3 Å². The summed E-state index contributed by atoms with van der Waals surface area (Å²) in [5.41, 5.74) is 0.879. The SMILES string of the molecule is O=C(NC(Cc1ccccc1)C(=O)NCC(O)COc1ccc2c(c1)OCO2)c1ccco1. The lowest BCUT2D eigenvalue weighted by atomic mass is 10.0. The third kappa shape index (κ3) is 6.05. The maximum atomic E-state index is 12.8. The Balaban J connectivity index is 1.31. The highest BCUT2D eigenvalue weighted by Gasteiger charge is 2.23. The number of fused-ring (bicyclic) bond motifs is 1. The molecule has 2 heterocycles. The Hall–Kier alpha value is -3.98. The molecule has 2 unspecified atom stereocenters. The Morgan fingerprint density at radius 2 is 1.85 bits per heavy atom. The highest BCUT2D eigenvalue weighted by Crippen LogP contribution is 2.35. The zero-order valence-corrected chi connectivity index (χ0v) is 17.7. The van der Waals surface area contributed by atoms with Crippen LogP contribution in [-0.2, 0) is 11.2 Å². The van der Waals surface area contributed by atoms with Gasteiger partial charge in [-0.05, 0) is 29.8 Å². The Bertz CT molecular complexity index is 1070. The number of hydrogen-bond donors (Lipinski definition) is 3. The Morgan fingerprint density at radius 3 is 2.64 bits per heavy atom. The zero-order valence-electron chi connectivity index (χ0n) is 17.7. The first-order valence-electron chi connectivity index (χ1n) is 10.4. The zero-order chi connectivity index (χ0) is 23.0. The average Bonchev–Trinajstić information content (AvgIpc) is 3.53. The summed E-state index contributed by atoms with van der Waals surface area (Å²) in [6, 6.07) is 16.7. The minimum atomic E-state index is -0.961. The molecule has 0 saturated heterocycles. The van der Waals surface area contributed by atoms with Crippen molar-refractivity contribution in [3.05, 3.63) is 78.3 Å². The number of amides is 2. The molecule has 0 aliphatic carbocycles. The smallest absolute Gasteiger partial charge is 0.287 e. The third-order valence-electron chi connectivity index (χ3n) is 4.95. The summed E-state index contributed by atoms with van der Waals surface area (Å²) >= 11 is 0. The van der Waals surface area contributed by atoms with Crippen molar-refractivity contribution in [3.8, 4) is 17.2 Å². The molecule has 0 radical (unpaired) electrons. The number of carbonyl (C=O) groups excluding carboxylic acids is 2. The first-order valence-corrected chi connectivity index (χ1v) is 10.4. The number of carbonyl (C=O) groups is 2. The summed E-state index contributed by atoms with van der Waals surface area (Å²) < 4.78 is 21.2. The largest absolute Gasteiger partial charge is 0.491 e. The highest BCUT2D eigenvalue weighted by molar-refractivity contribution is 5.95. The van der Waals surface area contributed by atoms with Crippen LogP contribution in [-0.4, -0.2) is 49.0 Å². The summed E-state index contributed by atoms with van der Waals surface area (Å²) in [7, 11) is 0. The number of benzene rings is 2. The standard InChI is InChI=1S/C24H24N2O7/c27-17(14-31-18-8-9-20-22(12-18)33-15-32-20)13-25-23(28)19(11-16-5-2-1-3-6-16)26-24(29)21-7-4-10-30-21/h1-10,12,17,19,27H,11,13-15H2,(H,25,28)(H,26,29). The van der Waals surface area contributed by atoms with Gasteiger partial charge in [0.25, 0.3) is 5.91 Å². The molecule has 33 heavy (non-hydrogen) atoms. The predicted molar refractivity (Wildman–Crippen MR) is 117 cm³/mol. The van der Waals surface area contributed by atoms with E-state index in [0.717, 1.165) is 5.56 Å². The van der Waals surface area contributed by atoms with Crippen LogP contribution in [0.5, 0.6) is 17.2 Å². The number of rotatable bonds is 10. The van der Waals surface area contributed by atoms with E-state index in [1.54, 1.807) is 24.3 Å². The summed E-state index contributed by atoms with van der Waals surface area (Å²) in [6.07, 6.45) is 0.707. The second-order valence-electron chi connectivity index (χ2n) is 7.42. The van der Waals surface area contributed by atoms with E-state index in [1.165, 1.54) is 12.3 Å². The van der Waals surface area contributed by atoms with Gasteiger partial charge in [0.15, 0.2) is 17.3 Å². The monoisotopic (exact) mass is 452 g/mol. The minimum Gasteiger partial charge on any atom is -0.491 e. The number of aliphatic hydroxyl groups excluding tert-OH is 1. The molecule has 172 valence electrons. The number of aliphatic hydroxyl groups is 1. The Kier molecular flexibility index (Phi) is 7.11. The van der Waals surface area contributed by atoms with Gasteiger partial charge in [0, 0.05) is 19.0 Å². The first kappa shape index (κ1) is 22.2. The quantitative estimate of drug-likeness (QED) is 0.430. The van der Waals surface area contributed by atoms with Gasteiger partial charge in [0.2, 0.25) is 12.7 Å². The van der Waals surface area contributed by atoms with Crippen molar-refractivity contribution in [1.29, 1.82) is 0 Å². The van der Waals surface area contributed by atoms with E-state index in [4.69, 9.17) is 18.6 Å². The molecule has 2 aromatic carbocycles. The fourth-order valence-corrected chi connectivity index (χ4v) is 3.26. The van der Waals surface area contributed by atoms with Crippen molar-refractivity contribution in [1.82, 2.24) is 10.6 Å². The van der Waals surface area contributed by atoms with Gasteiger partial charge in [-0.2, -0.15) is 0 Å². The van der Waals surface area contributed by atoms with Gasteiger partial charge >= 0.3 is 0 Å². The number of ether oxygens (including phenoxy) is 3. The van der Waals surface area contributed by atoms with Crippen LogP contribution in [0.2, 0.25) is 0 Å². The van der Waals surface area contributed by atoms with Crippen molar-refractivity contribution in [2.24, 2.45) is 0 Å². The summed E-state index contributed by atoms with van der Waals surface area (Å²) in [4.78, 5) is 25.2. The molecular weight excluding hydrogens is 428 g/mol. The van der Waals surface area contributed by atoms with Crippen molar-refractivity contribution in [2.75, 3.05) is 19.9 Å². The van der Waals surface area contributed by atoms with E-state index in [2.05, 4.69) is 10.6 Å². The van der Waals surface area contributed by atoms with Gasteiger partial charge in [-0.15, -0.1) is 0 Å². The van der Waals surface area contributed by atoms with Crippen LogP contribution in [0.25, 0.3) is 0 Å². The maximum absolute atomic E-state index is 12.8. The summed E-state index contributed by atoms with van der Waals surface area (Å²) in [6.45, 7) is 0.0708. The Labute approximate surface area is 190 Å². The van der Waals surface area contributed by atoms with Crippen LogP contribution in [0.4, 0.5) is 0 Å². The van der Waals surface area contributed by atoms with E-state index in [9.17, 15) is 14.7 Å². The van der Waals surface area contributed by atoms with Crippen molar-refractivity contribution in [2.45, 2.75) is 18.6 Å². The van der Waals surface area contributed by atoms with E-state index in [1.807, 2.05) is 30.3 Å². The van der Waals surface area contributed by atoms with Crippen molar-refractivity contribution in [3.63, 3.8) is 0 Å². The molecule has 0 fully saturated rings. The van der Waals surface area contributed by atoms with Crippen LogP contribution >= 0.6 is 0 Å². The molecule has 1 aliphatic rings. The number of nitrogens with one attached hydrogen (secondary N) is 2. The van der Waals surface area contributed by atoms with Crippen LogP contribution < -0.4 is 24.8 Å². The molecule has 1 aliphatic heterocycles. The van der Waals surface area contributed by atoms with Gasteiger partial charge in [0.1, 0.15) is 24.5 Å². The second kappa shape index (κ2) is 10.6. The number of hydrogen-bond acceptors (Lipinski definition) is 7. The molecule has 3 N–H and O–H groups in total. The predicted octanol–water partition coefficient (Wildman–Crippen LogP) is 1.91. The van der Waals surface area contributed by atoms with Gasteiger partial charge in [-0.3, -0.25) is 9.59 Å². The number of furan rings is 1. The molecule has 2 atom stereocenters. The molecular formula is C24H24N2O7. The van der Waals surface area contributed by atoms with Crippen molar-refractivity contribution >= 4 is 11.8 Å². The fourth-order valence-electron chi connectivity index (χ4n) is 3.26. The lowest BCUT2D eigenvalue weighted by Crippen LogP contribution is -2.49. The molecule has 3 aromatic rings. The minimum absolute atomic E-state index is 0.0397. The van der Waals surface area contributed by atoms with Crippen LogP contribution in [0.3, 0.4) is 0 Å². The maximum Gasteiger partial charge on any atom is 0.287 e. The first-order chi connectivity index (χ1) is 16.1. The summed E-state index contributed by atoms with van der Waals surface area (Å²) in [5, 5.41) is 15.6. The fraction of sp³-hybridized carbons (Fsp3) is 0.250.